The summed E-state index contributed by atoms with van der Waals surface area (Å²) in [6, 6.07) is 2.86. The van der Waals surface area contributed by atoms with Gasteiger partial charge < -0.3 is 5.11 Å². The predicted molar refractivity (Wildman–Crippen MR) is 34.6 cm³/mol. The van der Waals surface area contributed by atoms with Gasteiger partial charge in [-0.25, -0.2) is 4.79 Å². The quantitative estimate of drug-likeness (QED) is 0.620. The normalized spacial score (nSPS) is 9.30. The summed E-state index contributed by atoms with van der Waals surface area (Å²) in [5.41, 5.74) is 0.471. The van der Waals surface area contributed by atoms with Gasteiger partial charge in [-0.15, -0.1) is 0 Å². The zero-order valence-corrected chi connectivity index (χ0v) is 5.11. The van der Waals surface area contributed by atoms with Crippen molar-refractivity contribution in [3.8, 4) is 0 Å². The average molecular weight is 135 g/mol. The minimum absolute atomic E-state index is 0.147. The van der Waals surface area contributed by atoms with Crippen LogP contribution in [-0.4, -0.2) is 16.1 Å². The molecule has 0 aliphatic rings. The van der Waals surface area contributed by atoms with Crippen molar-refractivity contribution in [2.24, 2.45) is 0 Å². The summed E-state index contributed by atoms with van der Waals surface area (Å²) in [4.78, 5) is 13.8. The minimum Gasteiger partial charge on any atom is -0.478 e. The zero-order chi connectivity index (χ0) is 7.56. The highest BCUT2D eigenvalue weighted by Crippen LogP contribution is 1.97. The number of carboxylic acids is 1. The molecule has 0 spiro atoms. The van der Waals surface area contributed by atoms with E-state index >= 15 is 0 Å². The van der Waals surface area contributed by atoms with Crippen molar-refractivity contribution in [3.05, 3.63) is 36.5 Å². The lowest BCUT2D eigenvalue weighted by atomic mass is 10.3. The minimum atomic E-state index is -0.993. The maximum Gasteiger partial charge on any atom is 0.337 e. The average Bonchev–Trinajstić information content (AvgIpc) is 1.88. The van der Waals surface area contributed by atoms with Gasteiger partial charge in [-0.05, 0) is 12.1 Å². The number of hydrogen-bond donors (Lipinski definition) is 1. The number of pyridine rings is 1. The predicted octanol–water partition coefficient (Wildman–Crippen LogP) is 0.839. The van der Waals surface area contributed by atoms with E-state index in [4.69, 9.17) is 12.0 Å². The molecule has 0 saturated carbocycles. The van der Waals surface area contributed by atoms with Gasteiger partial charge in [-0.1, -0.05) is 0 Å². The fraction of sp³-hybridized carbons (Fsp3) is 0. The molecule has 3 nitrogen and oxygen atoms in total. The molecule has 0 aliphatic heterocycles. The summed E-state index contributed by atoms with van der Waals surface area (Å²) in [7, 11) is 0. The third-order valence-corrected chi connectivity index (χ3v) is 1.03. The molecule has 10 heavy (non-hydrogen) atoms. The first-order chi connectivity index (χ1) is 4.70. The maximum atomic E-state index is 10.2. The van der Waals surface area contributed by atoms with Gasteiger partial charge in [0.15, 0.2) is 0 Å². The topological polar surface area (TPSA) is 50.2 Å². The van der Waals surface area contributed by atoms with E-state index < -0.39 is 5.97 Å². The molecule has 1 N–H and O–H groups in total. The SMILES string of the molecule is [CH]c1ccc(C(=O)O)cn1. The molecule has 0 unspecified atom stereocenters. The van der Waals surface area contributed by atoms with E-state index in [9.17, 15) is 4.79 Å². The summed E-state index contributed by atoms with van der Waals surface area (Å²) < 4.78 is 0. The molecule has 2 radical (unpaired) electrons. The molecule has 0 bridgehead atoms. The van der Waals surface area contributed by atoms with E-state index in [1.807, 2.05) is 0 Å². The third-order valence-electron chi connectivity index (χ3n) is 1.03. The van der Waals surface area contributed by atoms with E-state index in [0.29, 0.717) is 5.69 Å². The molecule has 50 valence electrons. The number of aromatic carboxylic acids is 1. The van der Waals surface area contributed by atoms with E-state index in [2.05, 4.69) is 4.98 Å². The Kier molecular flexibility index (Phi) is 1.67. The summed E-state index contributed by atoms with van der Waals surface area (Å²) in [5.74, 6) is -0.993. The Balaban J connectivity index is 3.00. The highest BCUT2D eigenvalue weighted by Gasteiger charge is 1.99. The number of carbonyl (C=O) groups is 1. The van der Waals surface area contributed by atoms with Crippen molar-refractivity contribution in [1.82, 2.24) is 4.98 Å². The van der Waals surface area contributed by atoms with Crippen molar-refractivity contribution in [2.75, 3.05) is 0 Å². The Bertz CT molecular complexity index is 240. The first-order valence-corrected chi connectivity index (χ1v) is 2.65. The Labute approximate surface area is 58.3 Å². The van der Waals surface area contributed by atoms with Crippen LogP contribution >= 0.6 is 0 Å². The van der Waals surface area contributed by atoms with Crippen LogP contribution in [-0.2, 0) is 0 Å². The maximum absolute atomic E-state index is 10.2. The Morgan fingerprint density at radius 3 is 2.70 bits per heavy atom. The lowest BCUT2D eigenvalue weighted by Crippen LogP contribution is -1.96. The second-order valence-corrected chi connectivity index (χ2v) is 1.78. The van der Waals surface area contributed by atoms with Gasteiger partial charge in [0.1, 0.15) is 0 Å². The molecule has 1 rings (SSSR count). The van der Waals surface area contributed by atoms with Crippen LogP contribution in [0.2, 0.25) is 0 Å². The van der Waals surface area contributed by atoms with Crippen molar-refractivity contribution < 1.29 is 9.90 Å². The van der Waals surface area contributed by atoms with Crippen LogP contribution in [0.3, 0.4) is 0 Å². The van der Waals surface area contributed by atoms with Crippen molar-refractivity contribution >= 4 is 5.97 Å². The fourth-order valence-corrected chi connectivity index (χ4v) is 0.532. The molecule has 0 aliphatic carbocycles. The van der Waals surface area contributed by atoms with Crippen LogP contribution in [0.25, 0.3) is 0 Å². The van der Waals surface area contributed by atoms with Gasteiger partial charge in [0.2, 0.25) is 0 Å². The monoisotopic (exact) mass is 135 g/mol. The third kappa shape index (κ3) is 1.31. The standard InChI is InChI=1S/C7H5NO2/c1-5-2-3-6(4-8-5)7(9)10/h1-4H,(H,9,10). The lowest BCUT2D eigenvalue weighted by Gasteiger charge is -1.91. The van der Waals surface area contributed by atoms with Crippen LogP contribution < -0.4 is 0 Å². The van der Waals surface area contributed by atoms with Crippen molar-refractivity contribution in [1.29, 1.82) is 0 Å². The molecule has 0 atom stereocenters. The van der Waals surface area contributed by atoms with Gasteiger partial charge in [-0.3, -0.25) is 4.98 Å². The molecular weight excluding hydrogens is 130 g/mol. The van der Waals surface area contributed by atoms with E-state index in [0.717, 1.165) is 0 Å². The molecule has 3 heteroatoms. The summed E-state index contributed by atoms with van der Waals surface area (Å²) in [6.07, 6.45) is 1.22. The Morgan fingerprint density at radius 1 is 1.60 bits per heavy atom. The van der Waals surface area contributed by atoms with Crippen LogP contribution in [0.4, 0.5) is 0 Å². The number of rotatable bonds is 1. The highest BCUT2D eigenvalue weighted by atomic mass is 16.4. The van der Waals surface area contributed by atoms with Crippen molar-refractivity contribution in [2.45, 2.75) is 0 Å². The van der Waals surface area contributed by atoms with Gasteiger partial charge in [0.05, 0.1) is 5.56 Å². The Hall–Kier alpha value is -1.38. The molecule has 0 fully saturated rings. The van der Waals surface area contributed by atoms with Crippen LogP contribution in [0, 0.1) is 6.92 Å². The zero-order valence-electron chi connectivity index (χ0n) is 5.11. The fourth-order valence-electron chi connectivity index (χ4n) is 0.532. The van der Waals surface area contributed by atoms with E-state index in [1.165, 1.54) is 18.3 Å². The second kappa shape index (κ2) is 2.47. The first kappa shape index (κ1) is 6.74. The van der Waals surface area contributed by atoms with Gasteiger partial charge >= 0.3 is 5.97 Å². The number of nitrogens with zero attached hydrogens (tertiary/aromatic N) is 1. The summed E-state index contributed by atoms with van der Waals surface area (Å²) in [6.45, 7) is 5.22. The van der Waals surface area contributed by atoms with Gasteiger partial charge in [-0.2, -0.15) is 0 Å². The number of carboxylic acid groups (broad SMARTS) is 1. The Morgan fingerprint density at radius 2 is 2.30 bits per heavy atom. The van der Waals surface area contributed by atoms with Crippen molar-refractivity contribution in [3.63, 3.8) is 0 Å². The molecule has 1 aromatic rings. The number of hydrogen-bond acceptors (Lipinski definition) is 2. The highest BCUT2D eigenvalue weighted by molar-refractivity contribution is 5.87. The van der Waals surface area contributed by atoms with Crippen LogP contribution in [0.1, 0.15) is 16.1 Å². The van der Waals surface area contributed by atoms with Crippen LogP contribution in [0.5, 0.6) is 0 Å². The molecule has 1 heterocycles. The molecule has 0 amide bonds. The molecule has 1 aromatic heterocycles. The molecular formula is C7H5NO2. The smallest absolute Gasteiger partial charge is 0.337 e. The van der Waals surface area contributed by atoms with E-state index in [-0.39, 0.29) is 5.56 Å². The van der Waals surface area contributed by atoms with Gasteiger partial charge in [0, 0.05) is 18.8 Å². The largest absolute Gasteiger partial charge is 0.478 e. The summed E-state index contributed by atoms with van der Waals surface area (Å²) >= 11 is 0. The molecule has 0 saturated heterocycles. The lowest BCUT2D eigenvalue weighted by molar-refractivity contribution is 0.0696. The first-order valence-electron chi connectivity index (χ1n) is 2.65. The van der Waals surface area contributed by atoms with Gasteiger partial charge in [0.25, 0.3) is 0 Å². The van der Waals surface area contributed by atoms with Crippen LogP contribution in [0.15, 0.2) is 18.3 Å². The number of aromatic nitrogens is 1. The molecule has 0 aromatic carbocycles. The van der Waals surface area contributed by atoms with E-state index in [1.54, 1.807) is 0 Å². The summed E-state index contributed by atoms with van der Waals surface area (Å²) in [5, 5.41) is 8.39. The second-order valence-electron chi connectivity index (χ2n) is 1.78.